The summed E-state index contributed by atoms with van der Waals surface area (Å²) in [4.78, 5) is 33.7. The van der Waals surface area contributed by atoms with E-state index in [1.54, 1.807) is 35.0 Å². The second-order valence-corrected chi connectivity index (χ2v) is 6.32. The molecule has 8 heteroatoms. The van der Waals surface area contributed by atoms with Crippen molar-refractivity contribution >= 4 is 17.9 Å². The number of ether oxygens (including phenoxy) is 3. The van der Waals surface area contributed by atoms with E-state index in [-0.39, 0.29) is 43.6 Å². The smallest absolute Gasteiger partial charge is 0.305 e. The fourth-order valence-electron chi connectivity index (χ4n) is 1.90. The van der Waals surface area contributed by atoms with Gasteiger partial charge in [-0.2, -0.15) is 0 Å². The third kappa shape index (κ3) is 9.46. The predicted octanol–water partition coefficient (Wildman–Crippen LogP) is -0.507. The number of hydrogen-bond donors (Lipinski definition) is 0. The Kier molecular flexibility index (Phi) is 10.2. The van der Waals surface area contributed by atoms with Gasteiger partial charge in [-0.1, -0.05) is 13.8 Å². The number of carboxylic acid groups (broad SMARTS) is 1. The van der Waals surface area contributed by atoms with Crippen molar-refractivity contribution in [3.05, 3.63) is 0 Å². The Bertz CT molecular complexity index is 417. The molecule has 0 aromatic heterocycles. The number of carbonyl (C=O) groups excluding carboxylic acids is 3. The monoisotopic (exact) mass is 347 g/mol. The molecule has 0 heterocycles. The first-order chi connectivity index (χ1) is 11.1. The summed E-state index contributed by atoms with van der Waals surface area (Å²) in [6.07, 6.45) is -0.0216. The van der Waals surface area contributed by atoms with E-state index in [2.05, 4.69) is 0 Å². The van der Waals surface area contributed by atoms with Gasteiger partial charge in [-0.3, -0.25) is 9.59 Å². The summed E-state index contributed by atoms with van der Waals surface area (Å²) in [7, 11) is 5.28. The zero-order chi connectivity index (χ0) is 18.8. The molecule has 0 rings (SSSR count). The summed E-state index contributed by atoms with van der Waals surface area (Å²) >= 11 is 0. The number of aliphatic carboxylic acids is 1. The van der Waals surface area contributed by atoms with E-state index in [1.165, 1.54) is 0 Å². The lowest BCUT2D eigenvalue weighted by molar-refractivity contribution is -0.889. The summed E-state index contributed by atoms with van der Waals surface area (Å²) in [6.45, 7) is 3.42. The molecular weight excluding hydrogens is 318 g/mol. The highest BCUT2D eigenvalue weighted by Crippen LogP contribution is 2.08. The van der Waals surface area contributed by atoms with E-state index in [9.17, 15) is 19.5 Å². The fourth-order valence-corrected chi connectivity index (χ4v) is 1.90. The molecule has 0 radical (unpaired) electrons. The maximum atomic E-state index is 11.4. The average Bonchev–Trinajstić information content (AvgIpc) is 2.49. The number of carboxylic acids is 1. The maximum absolute atomic E-state index is 11.4. The van der Waals surface area contributed by atoms with Gasteiger partial charge in [0.1, 0.15) is 12.6 Å². The van der Waals surface area contributed by atoms with E-state index in [1.807, 2.05) is 0 Å². The van der Waals surface area contributed by atoms with Crippen molar-refractivity contribution in [2.24, 2.45) is 0 Å². The molecule has 0 aliphatic carbocycles. The topological polar surface area (TPSA) is 102 Å². The van der Waals surface area contributed by atoms with Crippen LogP contribution in [0.5, 0.6) is 0 Å². The molecule has 140 valence electrons. The van der Waals surface area contributed by atoms with Gasteiger partial charge in [0.15, 0.2) is 6.10 Å². The van der Waals surface area contributed by atoms with Crippen LogP contribution in [0.3, 0.4) is 0 Å². The summed E-state index contributed by atoms with van der Waals surface area (Å²) < 4.78 is 15.7. The van der Waals surface area contributed by atoms with Gasteiger partial charge < -0.3 is 28.6 Å². The molecule has 24 heavy (non-hydrogen) atoms. The highest BCUT2D eigenvalue weighted by Gasteiger charge is 2.25. The van der Waals surface area contributed by atoms with Crippen LogP contribution in [0.2, 0.25) is 0 Å². The Morgan fingerprint density at radius 3 is 2.04 bits per heavy atom. The van der Waals surface area contributed by atoms with Crippen LogP contribution in [0.25, 0.3) is 0 Å². The molecule has 2 unspecified atom stereocenters. The van der Waals surface area contributed by atoms with Gasteiger partial charge in [-0.25, -0.2) is 0 Å². The van der Waals surface area contributed by atoms with Crippen molar-refractivity contribution in [1.82, 2.24) is 0 Å². The lowest BCUT2D eigenvalue weighted by atomic mass is 10.1. The van der Waals surface area contributed by atoms with Crippen molar-refractivity contribution < 1.29 is 38.2 Å². The third-order valence-corrected chi connectivity index (χ3v) is 3.35. The fraction of sp³-hybridized carbons (Fsp3) is 0.812. The number of quaternary nitrogens is 1. The molecule has 0 aliphatic rings. The van der Waals surface area contributed by atoms with Crippen LogP contribution in [-0.4, -0.2) is 75.5 Å². The van der Waals surface area contributed by atoms with Crippen LogP contribution in [0, 0.1) is 0 Å². The Morgan fingerprint density at radius 2 is 1.58 bits per heavy atom. The Morgan fingerprint density at radius 1 is 1.00 bits per heavy atom. The van der Waals surface area contributed by atoms with E-state index < -0.39 is 30.1 Å². The van der Waals surface area contributed by atoms with Crippen molar-refractivity contribution in [3.63, 3.8) is 0 Å². The largest absolute Gasteiger partial charge is 0.544 e. The lowest BCUT2D eigenvalue weighted by Crippen LogP contribution is -2.55. The maximum Gasteiger partial charge on any atom is 0.305 e. The molecule has 0 fully saturated rings. The second-order valence-electron chi connectivity index (χ2n) is 6.32. The average molecular weight is 347 g/mol. The first-order valence-corrected chi connectivity index (χ1v) is 8.06. The van der Waals surface area contributed by atoms with Gasteiger partial charge in [-0.15, -0.1) is 0 Å². The minimum atomic E-state index is -1.14. The first kappa shape index (κ1) is 22.3. The summed E-state index contributed by atoms with van der Waals surface area (Å²) in [5.41, 5.74) is 0. The number of carbonyl (C=O) groups is 3. The molecule has 0 aliphatic heterocycles. The summed E-state index contributed by atoms with van der Waals surface area (Å²) in [6, 6.07) is -0.709. The van der Waals surface area contributed by atoms with E-state index >= 15 is 0 Å². The van der Waals surface area contributed by atoms with Crippen LogP contribution in [-0.2, 0) is 28.6 Å². The van der Waals surface area contributed by atoms with E-state index in [4.69, 9.17) is 14.2 Å². The van der Waals surface area contributed by atoms with Crippen LogP contribution < -0.4 is 5.11 Å². The molecule has 0 saturated heterocycles. The summed E-state index contributed by atoms with van der Waals surface area (Å²) in [5, 5.41) is 11.2. The van der Waals surface area contributed by atoms with Crippen molar-refractivity contribution in [1.29, 1.82) is 0 Å². The molecular formula is C16H29NO7. The van der Waals surface area contributed by atoms with Crippen molar-refractivity contribution in [2.45, 2.75) is 45.3 Å². The zero-order valence-electron chi connectivity index (χ0n) is 15.2. The van der Waals surface area contributed by atoms with Crippen LogP contribution >= 0.6 is 0 Å². The molecule has 8 nitrogen and oxygen atoms in total. The van der Waals surface area contributed by atoms with Crippen LogP contribution in [0.15, 0.2) is 0 Å². The Labute approximate surface area is 143 Å². The van der Waals surface area contributed by atoms with Gasteiger partial charge in [0, 0.05) is 19.3 Å². The van der Waals surface area contributed by atoms with Gasteiger partial charge >= 0.3 is 11.9 Å². The lowest BCUT2D eigenvalue weighted by Gasteiger charge is -2.34. The Balaban J connectivity index is 4.40. The SMILES string of the molecule is CCC(=O)OCC(COCCC(C(=O)[O-])[N+](C)(C)C)OC(=O)CC. The number of nitrogens with zero attached hydrogens (tertiary/aromatic N) is 1. The Hall–Kier alpha value is -1.67. The molecule has 0 aromatic rings. The first-order valence-electron chi connectivity index (χ1n) is 8.06. The third-order valence-electron chi connectivity index (χ3n) is 3.35. The number of esters is 2. The predicted molar refractivity (Wildman–Crippen MR) is 83.7 cm³/mol. The number of hydrogen-bond acceptors (Lipinski definition) is 7. The van der Waals surface area contributed by atoms with Gasteiger partial charge in [0.25, 0.3) is 0 Å². The molecule has 0 amide bonds. The minimum Gasteiger partial charge on any atom is -0.544 e. The zero-order valence-corrected chi connectivity index (χ0v) is 15.2. The minimum absolute atomic E-state index is 0.0274. The molecule has 0 saturated carbocycles. The van der Waals surface area contributed by atoms with Gasteiger partial charge in [0.05, 0.1) is 40.3 Å². The standard InChI is InChI=1S/C16H29NO7/c1-6-14(18)23-11-12(24-15(19)7-2)10-22-9-8-13(16(20)21)17(3,4)5/h12-13H,6-11H2,1-5H3. The molecule has 0 bridgehead atoms. The highest BCUT2D eigenvalue weighted by molar-refractivity contribution is 5.70. The number of rotatable bonds is 12. The van der Waals surface area contributed by atoms with Crippen LogP contribution in [0.4, 0.5) is 0 Å². The molecule has 2 atom stereocenters. The number of likely N-dealkylation sites (N-methyl/N-ethyl adjacent to an activating group) is 1. The quantitative estimate of drug-likeness (QED) is 0.266. The van der Waals surface area contributed by atoms with Crippen molar-refractivity contribution in [3.8, 4) is 0 Å². The van der Waals surface area contributed by atoms with Gasteiger partial charge in [0.2, 0.25) is 0 Å². The normalized spacial score (nSPS) is 13.9. The van der Waals surface area contributed by atoms with E-state index in [0.717, 1.165) is 0 Å². The second kappa shape index (κ2) is 11.0. The summed E-state index contributed by atoms with van der Waals surface area (Å²) in [5.74, 6) is -1.96. The molecule has 0 spiro atoms. The molecule has 0 N–H and O–H groups in total. The highest BCUT2D eigenvalue weighted by atomic mass is 16.6. The van der Waals surface area contributed by atoms with Crippen LogP contribution in [0.1, 0.15) is 33.1 Å². The van der Waals surface area contributed by atoms with Gasteiger partial charge in [-0.05, 0) is 0 Å². The molecule has 0 aromatic carbocycles. The van der Waals surface area contributed by atoms with E-state index in [0.29, 0.717) is 0 Å². The van der Waals surface area contributed by atoms with Crippen molar-refractivity contribution in [2.75, 3.05) is 41.0 Å².